The molecular weight excluding hydrogens is 210 g/mol. The Morgan fingerprint density at radius 1 is 1.44 bits per heavy atom. The van der Waals surface area contributed by atoms with Crippen LogP contribution in [0.25, 0.3) is 0 Å². The van der Waals surface area contributed by atoms with Gasteiger partial charge in [0, 0.05) is 5.56 Å². The first-order valence-electron chi connectivity index (χ1n) is 4.54. The van der Waals surface area contributed by atoms with E-state index in [0.29, 0.717) is 16.9 Å². The van der Waals surface area contributed by atoms with E-state index in [1.807, 2.05) is 0 Å². The van der Waals surface area contributed by atoms with Gasteiger partial charge in [0.1, 0.15) is 6.54 Å². The molecule has 0 fully saturated rings. The van der Waals surface area contributed by atoms with Crippen molar-refractivity contribution in [2.75, 3.05) is 24.7 Å². The number of anilines is 2. The predicted molar refractivity (Wildman–Crippen MR) is 59.9 cm³/mol. The molecule has 86 valence electrons. The molecule has 1 rings (SSSR count). The lowest BCUT2D eigenvalue weighted by Crippen LogP contribution is -2.16. The lowest BCUT2D eigenvalue weighted by molar-refractivity contribution is -0.138. The van der Waals surface area contributed by atoms with E-state index in [1.165, 1.54) is 19.2 Å². The van der Waals surface area contributed by atoms with Gasteiger partial charge >= 0.3 is 5.97 Å². The molecule has 0 aliphatic rings. The number of nitrogen functional groups attached to an aromatic ring is 1. The third-order valence-corrected chi connectivity index (χ3v) is 1.99. The van der Waals surface area contributed by atoms with Gasteiger partial charge in [-0.2, -0.15) is 0 Å². The van der Waals surface area contributed by atoms with Crippen molar-refractivity contribution in [2.24, 2.45) is 5.73 Å². The average Bonchev–Trinajstić information content (AvgIpc) is 2.26. The number of hydrogen-bond acceptors (Lipinski definition) is 5. The van der Waals surface area contributed by atoms with Crippen LogP contribution in [-0.4, -0.2) is 25.5 Å². The second kappa shape index (κ2) is 5.01. The highest BCUT2D eigenvalue weighted by Gasteiger charge is 2.06. The summed E-state index contributed by atoms with van der Waals surface area (Å²) in [4.78, 5) is 21.7. The number of hydrogen-bond donors (Lipinski definition) is 3. The normalized spacial score (nSPS) is 9.56. The van der Waals surface area contributed by atoms with E-state index in [0.717, 1.165) is 0 Å². The van der Waals surface area contributed by atoms with Crippen molar-refractivity contribution in [3.63, 3.8) is 0 Å². The minimum Gasteiger partial charge on any atom is -0.468 e. The molecule has 0 saturated heterocycles. The summed E-state index contributed by atoms with van der Waals surface area (Å²) in [7, 11) is 1.30. The maximum atomic E-state index is 10.9. The number of rotatable bonds is 4. The van der Waals surface area contributed by atoms with Gasteiger partial charge in [-0.3, -0.25) is 9.59 Å². The Morgan fingerprint density at radius 2 is 2.12 bits per heavy atom. The van der Waals surface area contributed by atoms with Crippen LogP contribution in [0.4, 0.5) is 11.4 Å². The second-order valence-electron chi connectivity index (χ2n) is 3.10. The van der Waals surface area contributed by atoms with Crippen LogP contribution in [0.2, 0.25) is 0 Å². The molecular formula is C10H13N3O3. The molecule has 0 saturated carbocycles. The number of esters is 1. The molecule has 0 aliphatic heterocycles. The van der Waals surface area contributed by atoms with Crippen molar-refractivity contribution in [3.8, 4) is 0 Å². The molecule has 1 aromatic rings. The summed E-state index contributed by atoms with van der Waals surface area (Å²) in [5.74, 6) is -0.954. The summed E-state index contributed by atoms with van der Waals surface area (Å²) in [6, 6.07) is 4.55. The van der Waals surface area contributed by atoms with Crippen LogP contribution < -0.4 is 16.8 Å². The van der Waals surface area contributed by atoms with Gasteiger partial charge in [-0.25, -0.2) is 0 Å². The molecule has 0 unspecified atom stereocenters. The molecule has 1 aromatic carbocycles. The third kappa shape index (κ3) is 2.88. The number of ether oxygens (including phenoxy) is 1. The lowest BCUT2D eigenvalue weighted by Gasteiger charge is -2.08. The first-order valence-corrected chi connectivity index (χ1v) is 4.54. The monoisotopic (exact) mass is 223 g/mol. The Labute approximate surface area is 92.6 Å². The fourth-order valence-corrected chi connectivity index (χ4v) is 1.12. The number of carbonyl (C=O) groups is 2. The first kappa shape index (κ1) is 11.8. The molecule has 0 spiro atoms. The Balaban J connectivity index is 2.75. The number of benzene rings is 1. The van der Waals surface area contributed by atoms with Gasteiger partial charge in [0.15, 0.2) is 0 Å². The molecule has 6 heteroatoms. The zero-order valence-corrected chi connectivity index (χ0v) is 8.82. The van der Waals surface area contributed by atoms with E-state index < -0.39 is 11.9 Å². The van der Waals surface area contributed by atoms with Crippen LogP contribution in [0.5, 0.6) is 0 Å². The number of methoxy groups -OCH3 is 1. The van der Waals surface area contributed by atoms with Crippen molar-refractivity contribution in [2.45, 2.75) is 0 Å². The molecule has 0 heterocycles. The van der Waals surface area contributed by atoms with Gasteiger partial charge in [0.2, 0.25) is 5.91 Å². The summed E-state index contributed by atoms with van der Waals surface area (Å²) in [5.41, 5.74) is 12.0. The van der Waals surface area contributed by atoms with Crippen molar-refractivity contribution >= 4 is 23.3 Å². The minimum atomic E-state index is -0.550. The van der Waals surface area contributed by atoms with Gasteiger partial charge in [-0.1, -0.05) is 0 Å². The fourth-order valence-electron chi connectivity index (χ4n) is 1.12. The van der Waals surface area contributed by atoms with Crippen LogP contribution in [0.15, 0.2) is 18.2 Å². The highest BCUT2D eigenvalue weighted by atomic mass is 16.5. The number of primary amides is 1. The van der Waals surface area contributed by atoms with Crippen molar-refractivity contribution in [1.82, 2.24) is 0 Å². The summed E-state index contributed by atoms with van der Waals surface area (Å²) in [6.07, 6.45) is 0. The zero-order valence-electron chi connectivity index (χ0n) is 8.82. The molecule has 1 amide bonds. The zero-order chi connectivity index (χ0) is 12.1. The fraction of sp³-hybridized carbons (Fsp3) is 0.200. The third-order valence-electron chi connectivity index (χ3n) is 1.99. The van der Waals surface area contributed by atoms with E-state index in [-0.39, 0.29) is 6.54 Å². The second-order valence-corrected chi connectivity index (χ2v) is 3.10. The van der Waals surface area contributed by atoms with E-state index in [9.17, 15) is 9.59 Å². The standard InChI is InChI=1S/C10H13N3O3/c1-16-9(14)5-13-8-3-2-6(10(12)15)4-7(8)11/h2-4,13H,5,11H2,1H3,(H2,12,15). The molecule has 0 aliphatic carbocycles. The SMILES string of the molecule is COC(=O)CNc1ccc(C(N)=O)cc1N. The van der Waals surface area contributed by atoms with Gasteiger partial charge < -0.3 is 21.5 Å². The van der Waals surface area contributed by atoms with Crippen molar-refractivity contribution in [1.29, 1.82) is 0 Å². The Morgan fingerprint density at radius 3 is 2.62 bits per heavy atom. The molecule has 5 N–H and O–H groups in total. The minimum absolute atomic E-state index is 0.0105. The molecule has 0 radical (unpaired) electrons. The summed E-state index contributed by atoms with van der Waals surface area (Å²) in [6.45, 7) is 0.0105. The molecule has 0 aromatic heterocycles. The van der Waals surface area contributed by atoms with Crippen LogP contribution in [0.1, 0.15) is 10.4 Å². The Bertz CT molecular complexity index is 418. The quantitative estimate of drug-likeness (QED) is 0.490. The highest BCUT2D eigenvalue weighted by molar-refractivity contribution is 5.95. The Hall–Kier alpha value is -2.24. The van der Waals surface area contributed by atoms with Gasteiger partial charge in [-0.15, -0.1) is 0 Å². The maximum Gasteiger partial charge on any atom is 0.325 e. The number of nitrogens with one attached hydrogen (secondary N) is 1. The smallest absolute Gasteiger partial charge is 0.325 e. The molecule has 0 atom stereocenters. The van der Waals surface area contributed by atoms with Crippen LogP contribution in [0, 0.1) is 0 Å². The highest BCUT2D eigenvalue weighted by Crippen LogP contribution is 2.19. The Kier molecular flexibility index (Phi) is 3.71. The number of nitrogens with two attached hydrogens (primary N) is 2. The summed E-state index contributed by atoms with van der Waals surface area (Å²) >= 11 is 0. The lowest BCUT2D eigenvalue weighted by atomic mass is 10.1. The van der Waals surface area contributed by atoms with E-state index in [1.54, 1.807) is 6.07 Å². The topological polar surface area (TPSA) is 107 Å². The maximum absolute atomic E-state index is 10.9. The molecule has 6 nitrogen and oxygen atoms in total. The molecule has 16 heavy (non-hydrogen) atoms. The predicted octanol–water partition coefficient (Wildman–Crippen LogP) is -0.0474. The van der Waals surface area contributed by atoms with Crippen molar-refractivity contribution < 1.29 is 14.3 Å². The van der Waals surface area contributed by atoms with Crippen LogP contribution in [0.3, 0.4) is 0 Å². The van der Waals surface area contributed by atoms with Crippen LogP contribution in [-0.2, 0) is 9.53 Å². The average molecular weight is 223 g/mol. The van der Waals surface area contributed by atoms with E-state index >= 15 is 0 Å². The van der Waals surface area contributed by atoms with Gasteiger partial charge in [-0.05, 0) is 18.2 Å². The molecule has 0 bridgehead atoms. The summed E-state index contributed by atoms with van der Waals surface area (Å²) in [5, 5.41) is 2.78. The van der Waals surface area contributed by atoms with E-state index in [4.69, 9.17) is 11.5 Å². The van der Waals surface area contributed by atoms with Crippen LogP contribution >= 0.6 is 0 Å². The number of amides is 1. The van der Waals surface area contributed by atoms with Gasteiger partial charge in [0.05, 0.1) is 18.5 Å². The van der Waals surface area contributed by atoms with E-state index in [2.05, 4.69) is 10.1 Å². The first-order chi connectivity index (χ1) is 7.54. The van der Waals surface area contributed by atoms with Crippen molar-refractivity contribution in [3.05, 3.63) is 23.8 Å². The summed E-state index contributed by atoms with van der Waals surface area (Å²) < 4.78 is 4.46. The number of carbonyl (C=O) groups excluding carboxylic acids is 2. The largest absolute Gasteiger partial charge is 0.468 e. The van der Waals surface area contributed by atoms with Gasteiger partial charge in [0.25, 0.3) is 0 Å².